The predicted molar refractivity (Wildman–Crippen MR) is 251 cm³/mol. The number of likely N-dealkylation sites (N-methyl/N-ethyl adjacent to an activating group) is 1. The molecule has 0 rings (SSSR count). The van der Waals surface area contributed by atoms with E-state index in [2.05, 4.69) is 67.8 Å². The third-order valence-corrected chi connectivity index (χ3v) is 11.4. The number of carbonyl (C=O) groups is 1. The van der Waals surface area contributed by atoms with E-state index in [1.807, 2.05) is 27.2 Å². The van der Waals surface area contributed by atoms with Gasteiger partial charge in [-0.15, -0.1) is 0 Å². The number of rotatable bonds is 43. The molecule has 0 bridgehead atoms. The molecule has 0 fully saturated rings. The van der Waals surface area contributed by atoms with Crippen molar-refractivity contribution in [1.82, 2.24) is 5.32 Å². The number of hydrogen-bond donors (Lipinski definition) is 2. The van der Waals surface area contributed by atoms with Crippen LogP contribution in [0.1, 0.15) is 200 Å². The van der Waals surface area contributed by atoms with Crippen LogP contribution in [-0.2, 0) is 18.4 Å². The first-order chi connectivity index (χ1) is 28.5. The number of allylic oxidation sites excluding steroid dienone is 9. The smallest absolute Gasteiger partial charge is 0.268 e. The molecule has 1 amide bonds. The molecule has 3 unspecified atom stereocenters. The van der Waals surface area contributed by atoms with E-state index in [1.165, 1.54) is 103 Å². The number of amides is 1. The van der Waals surface area contributed by atoms with Crippen LogP contribution in [0.25, 0.3) is 0 Å². The van der Waals surface area contributed by atoms with Crippen LogP contribution in [0, 0.1) is 0 Å². The average molecular weight is 849 g/mol. The zero-order valence-corrected chi connectivity index (χ0v) is 39.8. The summed E-state index contributed by atoms with van der Waals surface area (Å²) in [6, 6.07) is -0.896. The van der Waals surface area contributed by atoms with E-state index < -0.39 is 20.0 Å². The Bertz CT molecular complexity index is 1140. The van der Waals surface area contributed by atoms with Gasteiger partial charge in [-0.3, -0.25) is 9.36 Å². The van der Waals surface area contributed by atoms with Crippen molar-refractivity contribution >= 4 is 13.7 Å². The number of nitrogens with one attached hydrogen (secondary N) is 1. The van der Waals surface area contributed by atoms with E-state index in [9.17, 15) is 19.4 Å². The molecule has 2 N–H and O–H groups in total. The number of hydrogen-bond acceptors (Lipinski definition) is 6. The highest BCUT2D eigenvalue weighted by Crippen LogP contribution is 2.38. The lowest BCUT2D eigenvalue weighted by atomic mass is 10.0. The molecule has 0 saturated heterocycles. The van der Waals surface area contributed by atoms with Gasteiger partial charge in [-0.2, -0.15) is 0 Å². The van der Waals surface area contributed by atoms with Crippen molar-refractivity contribution in [2.45, 2.75) is 212 Å². The summed E-state index contributed by atoms with van der Waals surface area (Å²) in [7, 11) is 1.24. The Morgan fingerprint density at radius 1 is 0.610 bits per heavy atom. The normalized spacial score (nSPS) is 14.8. The lowest BCUT2D eigenvalue weighted by molar-refractivity contribution is -0.870. The van der Waals surface area contributed by atoms with Crippen molar-refractivity contribution < 1.29 is 32.9 Å². The summed E-state index contributed by atoms with van der Waals surface area (Å²) in [5, 5.41) is 13.8. The minimum Gasteiger partial charge on any atom is -0.756 e. The van der Waals surface area contributed by atoms with Crippen molar-refractivity contribution in [3.05, 3.63) is 60.8 Å². The van der Waals surface area contributed by atoms with Crippen molar-refractivity contribution in [1.29, 1.82) is 0 Å². The van der Waals surface area contributed by atoms with Gasteiger partial charge in [-0.25, -0.2) is 0 Å². The molecule has 3 atom stereocenters. The molecule has 0 aromatic carbocycles. The van der Waals surface area contributed by atoms with Crippen LogP contribution >= 0.6 is 7.82 Å². The van der Waals surface area contributed by atoms with Crippen LogP contribution in [0.15, 0.2) is 60.8 Å². The monoisotopic (exact) mass is 849 g/mol. The number of aliphatic hydroxyl groups is 1. The number of nitrogens with zero attached hydrogens (tertiary/aromatic N) is 1. The van der Waals surface area contributed by atoms with E-state index >= 15 is 0 Å². The highest BCUT2D eigenvalue weighted by molar-refractivity contribution is 7.45. The molecule has 0 spiro atoms. The Hall–Kier alpha value is -1.80. The summed E-state index contributed by atoms with van der Waals surface area (Å²) in [6.07, 6.45) is 54.1. The second-order valence-corrected chi connectivity index (χ2v) is 18.8. The minimum atomic E-state index is -4.60. The van der Waals surface area contributed by atoms with Crippen LogP contribution in [-0.4, -0.2) is 68.5 Å². The summed E-state index contributed by atoms with van der Waals surface area (Å²) in [4.78, 5) is 25.4. The predicted octanol–water partition coefficient (Wildman–Crippen LogP) is 13.2. The molecule has 0 aliphatic heterocycles. The van der Waals surface area contributed by atoms with Gasteiger partial charge in [0.05, 0.1) is 39.9 Å². The van der Waals surface area contributed by atoms with Crippen molar-refractivity contribution in [3.63, 3.8) is 0 Å². The van der Waals surface area contributed by atoms with Gasteiger partial charge in [0.25, 0.3) is 7.82 Å². The van der Waals surface area contributed by atoms with Crippen LogP contribution in [0.4, 0.5) is 0 Å². The van der Waals surface area contributed by atoms with Gasteiger partial charge in [-0.1, -0.05) is 197 Å². The Kier molecular flexibility index (Phi) is 40.3. The zero-order chi connectivity index (χ0) is 43.6. The highest BCUT2D eigenvalue weighted by Gasteiger charge is 2.23. The SMILES string of the molecule is CC/C=C\C/C=C\C/C=C\C/C=C\CCCCCCCCC(=O)NC(COP(=O)([O-])OCC[N+](C)(C)C)C(O)/C=C/CCCCCCCCCCCCCCCCCC. The minimum absolute atomic E-state index is 0.00645. The number of unbranched alkanes of at least 4 members (excludes halogenated alkanes) is 22. The molecule has 0 aliphatic carbocycles. The summed E-state index contributed by atoms with van der Waals surface area (Å²) >= 11 is 0. The van der Waals surface area contributed by atoms with E-state index in [1.54, 1.807) is 6.08 Å². The first-order valence-corrected chi connectivity index (χ1v) is 25.6. The van der Waals surface area contributed by atoms with Gasteiger partial charge < -0.3 is 28.8 Å². The quantitative estimate of drug-likeness (QED) is 0.0274. The van der Waals surface area contributed by atoms with Crippen molar-refractivity contribution in [2.75, 3.05) is 40.9 Å². The molecular formula is C50H93N2O6P. The fraction of sp³-hybridized carbons (Fsp3) is 0.780. The summed E-state index contributed by atoms with van der Waals surface area (Å²) in [5.41, 5.74) is 0. The fourth-order valence-corrected chi connectivity index (χ4v) is 7.40. The molecule has 0 aromatic rings. The number of phosphoric ester groups is 1. The van der Waals surface area contributed by atoms with Crippen LogP contribution in [0.3, 0.4) is 0 Å². The summed E-state index contributed by atoms with van der Waals surface area (Å²) < 4.78 is 23.2. The molecule has 8 nitrogen and oxygen atoms in total. The summed E-state index contributed by atoms with van der Waals surface area (Å²) in [6.45, 7) is 4.52. The number of quaternary nitrogens is 1. The first-order valence-electron chi connectivity index (χ1n) is 24.2. The third kappa shape index (κ3) is 44.1. The largest absolute Gasteiger partial charge is 0.756 e. The number of aliphatic hydroxyl groups excluding tert-OH is 1. The van der Waals surface area contributed by atoms with E-state index in [-0.39, 0.29) is 19.1 Å². The molecule has 59 heavy (non-hydrogen) atoms. The average Bonchev–Trinajstić information content (AvgIpc) is 3.19. The molecular weight excluding hydrogens is 756 g/mol. The molecule has 0 aromatic heterocycles. The van der Waals surface area contributed by atoms with Crippen LogP contribution < -0.4 is 10.2 Å². The lowest BCUT2D eigenvalue weighted by Crippen LogP contribution is -2.45. The van der Waals surface area contributed by atoms with Gasteiger partial charge in [0.1, 0.15) is 13.2 Å². The third-order valence-electron chi connectivity index (χ3n) is 10.5. The van der Waals surface area contributed by atoms with Crippen molar-refractivity contribution in [3.8, 4) is 0 Å². The summed E-state index contributed by atoms with van der Waals surface area (Å²) in [5.74, 6) is -0.213. The van der Waals surface area contributed by atoms with Crippen LogP contribution in [0.5, 0.6) is 0 Å². The topological polar surface area (TPSA) is 108 Å². The van der Waals surface area contributed by atoms with E-state index in [0.29, 0.717) is 17.4 Å². The first kappa shape index (κ1) is 57.2. The molecule has 344 valence electrons. The molecule has 9 heteroatoms. The van der Waals surface area contributed by atoms with Gasteiger partial charge in [0, 0.05) is 6.42 Å². The van der Waals surface area contributed by atoms with E-state index in [4.69, 9.17) is 9.05 Å². The molecule has 0 aliphatic rings. The Morgan fingerprint density at radius 2 is 1.03 bits per heavy atom. The Balaban J connectivity index is 4.41. The Morgan fingerprint density at radius 3 is 1.51 bits per heavy atom. The molecule has 0 radical (unpaired) electrons. The van der Waals surface area contributed by atoms with E-state index in [0.717, 1.165) is 77.0 Å². The standard InChI is InChI=1S/C50H93N2O6P/c1-6-8-10-12-14-16-18-20-22-24-26-28-30-32-34-36-38-40-42-44-50(54)51-48(47-58-59(55,56)57-46-45-52(3,4)5)49(53)43-41-39-37-35-33-31-29-27-25-23-21-19-17-15-13-11-9-7-2/h8,10,14,16,20,22,26,28,41,43,48-49,53H,6-7,9,11-13,15,17-19,21,23-25,27,29-40,42,44-47H2,1-5H3,(H-,51,54,55,56)/b10-8-,16-14-,22-20-,28-26-,43-41+. The number of carbonyl (C=O) groups excluding carboxylic acids is 1. The van der Waals surface area contributed by atoms with Gasteiger partial charge in [0.2, 0.25) is 5.91 Å². The maximum atomic E-state index is 12.9. The van der Waals surface area contributed by atoms with Crippen molar-refractivity contribution in [2.24, 2.45) is 0 Å². The molecule has 0 saturated carbocycles. The maximum absolute atomic E-state index is 12.9. The van der Waals surface area contributed by atoms with Gasteiger partial charge >= 0.3 is 0 Å². The number of phosphoric acid groups is 1. The van der Waals surface area contributed by atoms with Gasteiger partial charge in [0.15, 0.2) is 0 Å². The van der Waals surface area contributed by atoms with Gasteiger partial charge in [-0.05, 0) is 57.8 Å². The fourth-order valence-electron chi connectivity index (χ4n) is 6.67. The highest BCUT2D eigenvalue weighted by atomic mass is 31.2. The zero-order valence-electron chi connectivity index (χ0n) is 38.9. The Labute approximate surface area is 364 Å². The molecule has 0 heterocycles. The second-order valence-electron chi connectivity index (χ2n) is 17.4. The maximum Gasteiger partial charge on any atom is 0.268 e. The lowest BCUT2D eigenvalue weighted by Gasteiger charge is -2.29. The van der Waals surface area contributed by atoms with Crippen LogP contribution in [0.2, 0.25) is 0 Å². The second kappa shape index (κ2) is 41.5.